The summed E-state index contributed by atoms with van der Waals surface area (Å²) in [5, 5.41) is 3.33. The van der Waals surface area contributed by atoms with Crippen molar-refractivity contribution in [3.63, 3.8) is 0 Å². The molecule has 0 aliphatic carbocycles. The lowest BCUT2D eigenvalue weighted by atomic mass is 10.1. The molecule has 5 N–H and O–H groups in total. The summed E-state index contributed by atoms with van der Waals surface area (Å²) in [5.41, 5.74) is 6.49. The topological polar surface area (TPSA) is 111 Å². The molecule has 0 aliphatic rings. The molecule has 0 fully saturated rings. The van der Waals surface area contributed by atoms with Gasteiger partial charge in [-0.1, -0.05) is 12.1 Å². The maximum absolute atomic E-state index is 13.2. The van der Waals surface area contributed by atoms with Crippen LogP contribution >= 0.6 is 0 Å². The van der Waals surface area contributed by atoms with Gasteiger partial charge < -0.3 is 15.8 Å². The van der Waals surface area contributed by atoms with Gasteiger partial charge in [0.1, 0.15) is 18.1 Å². The Hall–Kier alpha value is -3.13. The average molecular weight is 346 g/mol. The second-order valence-corrected chi connectivity index (χ2v) is 5.29. The third kappa shape index (κ3) is 4.92. The summed E-state index contributed by atoms with van der Waals surface area (Å²) in [6.45, 7) is -0.113. The first kappa shape index (κ1) is 18.2. The first-order valence-corrected chi connectivity index (χ1v) is 7.42. The van der Waals surface area contributed by atoms with Crippen molar-refractivity contribution in [1.29, 1.82) is 0 Å². The zero-order valence-corrected chi connectivity index (χ0v) is 13.7. The SMILES string of the molecule is COc1ccc(CNC(=O)CN(N)C(=O)c2cc(F)ccc2N)cc1. The highest BCUT2D eigenvalue weighted by Crippen LogP contribution is 2.15. The largest absolute Gasteiger partial charge is 0.497 e. The molecule has 132 valence electrons. The number of nitrogens with two attached hydrogens (primary N) is 2. The summed E-state index contributed by atoms with van der Waals surface area (Å²) in [6, 6.07) is 10.5. The highest BCUT2D eigenvalue weighted by Gasteiger charge is 2.18. The van der Waals surface area contributed by atoms with E-state index < -0.39 is 17.6 Å². The van der Waals surface area contributed by atoms with Gasteiger partial charge in [-0.15, -0.1) is 0 Å². The first-order valence-electron chi connectivity index (χ1n) is 7.42. The van der Waals surface area contributed by atoms with Crippen LogP contribution in [0.1, 0.15) is 15.9 Å². The van der Waals surface area contributed by atoms with Gasteiger partial charge in [0.25, 0.3) is 5.91 Å². The molecule has 2 rings (SSSR count). The predicted molar refractivity (Wildman–Crippen MR) is 90.9 cm³/mol. The molecule has 0 atom stereocenters. The van der Waals surface area contributed by atoms with Gasteiger partial charge >= 0.3 is 0 Å². The minimum Gasteiger partial charge on any atom is -0.497 e. The van der Waals surface area contributed by atoms with Crippen molar-refractivity contribution in [2.75, 3.05) is 19.4 Å². The third-order valence-electron chi connectivity index (χ3n) is 3.47. The number of hydrogen-bond donors (Lipinski definition) is 3. The Labute approximate surface area is 144 Å². The highest BCUT2D eigenvalue weighted by atomic mass is 19.1. The lowest BCUT2D eigenvalue weighted by Gasteiger charge is -2.17. The molecule has 0 unspecified atom stereocenters. The molecule has 0 radical (unpaired) electrons. The Morgan fingerprint density at radius 3 is 2.52 bits per heavy atom. The van der Waals surface area contributed by atoms with Crippen LogP contribution in [0.3, 0.4) is 0 Å². The van der Waals surface area contributed by atoms with Crippen LogP contribution in [0, 0.1) is 5.82 Å². The fourth-order valence-electron chi connectivity index (χ4n) is 2.09. The zero-order valence-electron chi connectivity index (χ0n) is 13.7. The average Bonchev–Trinajstić information content (AvgIpc) is 2.61. The number of hydrazine groups is 1. The molecule has 0 bridgehead atoms. The van der Waals surface area contributed by atoms with Gasteiger partial charge in [0, 0.05) is 12.2 Å². The molecule has 0 saturated carbocycles. The lowest BCUT2D eigenvalue weighted by molar-refractivity contribution is -0.122. The van der Waals surface area contributed by atoms with Crippen LogP contribution < -0.4 is 21.6 Å². The normalized spacial score (nSPS) is 10.2. The van der Waals surface area contributed by atoms with Crippen molar-refractivity contribution in [3.8, 4) is 5.75 Å². The Kier molecular flexibility index (Phi) is 5.91. The molecule has 7 nitrogen and oxygen atoms in total. The molecule has 0 aliphatic heterocycles. The third-order valence-corrected chi connectivity index (χ3v) is 3.47. The number of methoxy groups -OCH3 is 1. The van der Waals surface area contributed by atoms with Crippen molar-refractivity contribution >= 4 is 17.5 Å². The second-order valence-electron chi connectivity index (χ2n) is 5.29. The van der Waals surface area contributed by atoms with Gasteiger partial charge in [-0.05, 0) is 35.9 Å². The minimum absolute atomic E-state index is 0.0838. The van der Waals surface area contributed by atoms with E-state index in [0.717, 1.165) is 17.7 Å². The van der Waals surface area contributed by atoms with E-state index in [9.17, 15) is 14.0 Å². The number of nitrogens with zero attached hydrogens (tertiary/aromatic N) is 1. The number of nitrogens with one attached hydrogen (secondary N) is 1. The van der Waals surface area contributed by atoms with Crippen molar-refractivity contribution in [2.24, 2.45) is 5.84 Å². The molecule has 0 heterocycles. The molecular formula is C17H19FN4O3. The number of halogens is 1. The molecule has 25 heavy (non-hydrogen) atoms. The van der Waals surface area contributed by atoms with Crippen LogP contribution in [0.15, 0.2) is 42.5 Å². The van der Waals surface area contributed by atoms with Crippen molar-refractivity contribution < 1.29 is 18.7 Å². The fourth-order valence-corrected chi connectivity index (χ4v) is 2.09. The van der Waals surface area contributed by atoms with Gasteiger partial charge in [-0.25, -0.2) is 10.2 Å². The number of ether oxygens (including phenoxy) is 1. The highest BCUT2D eigenvalue weighted by molar-refractivity contribution is 6.00. The standard InChI is InChI=1S/C17H19FN4O3/c1-25-13-5-2-11(3-6-13)9-21-16(23)10-22(20)17(24)14-8-12(18)4-7-15(14)19/h2-8H,9-10,19-20H2,1H3,(H,21,23). The summed E-state index contributed by atoms with van der Waals surface area (Å²) in [6.07, 6.45) is 0. The number of benzene rings is 2. The predicted octanol–water partition coefficient (Wildman–Crippen LogP) is 1.05. The number of rotatable bonds is 6. The number of hydrogen-bond acceptors (Lipinski definition) is 5. The van der Waals surface area contributed by atoms with E-state index in [1.807, 2.05) is 0 Å². The van der Waals surface area contributed by atoms with E-state index in [1.165, 1.54) is 6.07 Å². The smallest absolute Gasteiger partial charge is 0.270 e. The quantitative estimate of drug-likeness (QED) is 0.313. The fraction of sp³-hybridized carbons (Fsp3) is 0.176. The number of carbonyl (C=O) groups excluding carboxylic acids is 2. The minimum atomic E-state index is -0.739. The summed E-state index contributed by atoms with van der Waals surface area (Å²) in [5.74, 6) is 4.50. The van der Waals surface area contributed by atoms with Crippen LogP contribution in [0.2, 0.25) is 0 Å². The van der Waals surface area contributed by atoms with Gasteiger partial charge in [-0.3, -0.25) is 14.6 Å². The van der Waals surface area contributed by atoms with Gasteiger partial charge in [0.2, 0.25) is 5.91 Å². The molecule has 2 amide bonds. The van der Waals surface area contributed by atoms with E-state index in [2.05, 4.69) is 5.32 Å². The van der Waals surface area contributed by atoms with Crippen molar-refractivity contribution in [1.82, 2.24) is 10.3 Å². The Morgan fingerprint density at radius 2 is 1.88 bits per heavy atom. The van der Waals surface area contributed by atoms with Crippen molar-refractivity contribution in [2.45, 2.75) is 6.54 Å². The van der Waals surface area contributed by atoms with Crippen LogP contribution in [-0.4, -0.2) is 30.5 Å². The summed E-state index contributed by atoms with van der Waals surface area (Å²) >= 11 is 0. The summed E-state index contributed by atoms with van der Waals surface area (Å²) in [4.78, 5) is 24.1. The maximum Gasteiger partial charge on any atom is 0.270 e. The van der Waals surface area contributed by atoms with Gasteiger partial charge in [0.05, 0.1) is 12.7 Å². The zero-order chi connectivity index (χ0) is 18.4. The number of nitrogen functional groups attached to an aromatic ring is 1. The molecule has 8 heteroatoms. The van der Waals surface area contributed by atoms with Gasteiger partial charge in [-0.2, -0.15) is 0 Å². The number of carbonyl (C=O) groups is 2. The van der Waals surface area contributed by atoms with Crippen LogP contribution in [0.25, 0.3) is 0 Å². The van der Waals surface area contributed by atoms with E-state index in [1.54, 1.807) is 31.4 Å². The monoisotopic (exact) mass is 346 g/mol. The van der Waals surface area contributed by atoms with E-state index in [0.29, 0.717) is 10.8 Å². The second kappa shape index (κ2) is 8.11. The van der Waals surface area contributed by atoms with Crippen molar-refractivity contribution in [3.05, 3.63) is 59.4 Å². The Morgan fingerprint density at radius 1 is 1.20 bits per heavy atom. The summed E-state index contributed by atoms with van der Waals surface area (Å²) < 4.78 is 18.3. The Bertz CT molecular complexity index is 765. The number of anilines is 1. The molecule has 2 aromatic carbocycles. The molecule has 0 aromatic heterocycles. The maximum atomic E-state index is 13.2. The van der Waals surface area contributed by atoms with Gasteiger partial charge in [0.15, 0.2) is 0 Å². The van der Waals surface area contributed by atoms with E-state index >= 15 is 0 Å². The van der Waals surface area contributed by atoms with E-state index in [4.69, 9.17) is 16.3 Å². The summed E-state index contributed by atoms with van der Waals surface area (Å²) in [7, 11) is 1.56. The molecule has 2 aromatic rings. The first-order chi connectivity index (χ1) is 11.9. The van der Waals surface area contributed by atoms with Crippen LogP contribution in [0.5, 0.6) is 5.75 Å². The number of amides is 2. The molecule has 0 saturated heterocycles. The Balaban J connectivity index is 1.90. The molecule has 0 spiro atoms. The molecular weight excluding hydrogens is 327 g/mol. The van der Waals surface area contributed by atoms with Crippen LogP contribution in [0.4, 0.5) is 10.1 Å². The van der Waals surface area contributed by atoms with E-state index in [-0.39, 0.29) is 24.3 Å². The lowest BCUT2D eigenvalue weighted by Crippen LogP contribution is -2.45. The van der Waals surface area contributed by atoms with Crippen LogP contribution in [-0.2, 0) is 11.3 Å².